The van der Waals surface area contributed by atoms with E-state index in [1.54, 1.807) is 0 Å². The Hall–Kier alpha value is 0.720. The van der Waals surface area contributed by atoms with Gasteiger partial charge >= 0.3 is 0 Å². The van der Waals surface area contributed by atoms with Crippen LogP contribution in [0.1, 0.15) is 0 Å². The number of rotatable bonds is 0. The summed E-state index contributed by atoms with van der Waals surface area (Å²) in [6.45, 7) is 0. The van der Waals surface area contributed by atoms with Gasteiger partial charge < -0.3 is 0 Å². The third-order valence-corrected chi connectivity index (χ3v) is 3.94. The van der Waals surface area contributed by atoms with Crippen LogP contribution in [0.15, 0.2) is 22.7 Å². The number of benzene rings is 1. The molecule has 0 aliphatic rings. The number of hydrogen-bond donors (Lipinski definition) is 0. The quantitative estimate of drug-likeness (QED) is 0.505. The van der Waals surface area contributed by atoms with Crippen molar-refractivity contribution in [3.8, 4) is 0 Å². The van der Waals surface area contributed by atoms with Crippen molar-refractivity contribution < 1.29 is 0 Å². The van der Waals surface area contributed by atoms with Crippen molar-refractivity contribution in [3.63, 3.8) is 0 Å². The highest BCUT2D eigenvalue weighted by Gasteiger charge is 1.97. The lowest BCUT2D eigenvalue weighted by Gasteiger charge is -1.95. The Morgan fingerprint density at radius 2 is 2.11 bits per heavy atom. The average Bonchev–Trinajstić information content (AvgIpc) is 1.83. The first-order valence-electron chi connectivity index (χ1n) is 2.31. The normalized spacial score (nSPS) is 9.67. The summed E-state index contributed by atoms with van der Waals surface area (Å²) in [5, 5.41) is 0.766. The summed E-state index contributed by atoms with van der Waals surface area (Å²) in [4.78, 5) is 0. The third-order valence-electron chi connectivity index (χ3n) is 0.904. The Morgan fingerprint density at radius 1 is 1.44 bits per heavy atom. The summed E-state index contributed by atoms with van der Waals surface area (Å²) < 4.78 is 2.12. The van der Waals surface area contributed by atoms with Crippen molar-refractivity contribution in [1.29, 1.82) is 0 Å². The molecule has 0 saturated carbocycles. The van der Waals surface area contributed by atoms with Gasteiger partial charge in [-0.15, -0.1) is 0 Å². The largest absolute Gasteiger partial charge is 0.0831 e. The van der Waals surface area contributed by atoms with E-state index in [2.05, 4.69) is 38.5 Å². The standard InChI is InChI=1S/C6H3BrClI/c7-6-4(8)2-1-3-5(6)9/h1-3H. The summed E-state index contributed by atoms with van der Waals surface area (Å²) in [7, 11) is 0. The second-order valence-electron chi connectivity index (χ2n) is 1.54. The summed E-state index contributed by atoms with van der Waals surface area (Å²) in [5.74, 6) is 0. The fourth-order valence-electron chi connectivity index (χ4n) is 0.477. The molecule has 0 radical (unpaired) electrons. The molecule has 9 heavy (non-hydrogen) atoms. The van der Waals surface area contributed by atoms with E-state index in [0.717, 1.165) is 13.1 Å². The predicted molar refractivity (Wildman–Crippen MR) is 51.9 cm³/mol. The van der Waals surface area contributed by atoms with Crippen LogP contribution in [0.5, 0.6) is 0 Å². The molecular formula is C6H3BrClI. The summed E-state index contributed by atoms with van der Waals surface area (Å²) in [5.41, 5.74) is 0. The predicted octanol–water partition coefficient (Wildman–Crippen LogP) is 3.71. The summed E-state index contributed by atoms with van der Waals surface area (Å²) in [6.07, 6.45) is 0. The van der Waals surface area contributed by atoms with Crippen molar-refractivity contribution >= 4 is 50.1 Å². The molecule has 0 amide bonds. The average molecular weight is 317 g/mol. The van der Waals surface area contributed by atoms with Gasteiger partial charge in [-0.05, 0) is 50.7 Å². The zero-order valence-electron chi connectivity index (χ0n) is 4.37. The highest BCUT2D eigenvalue weighted by molar-refractivity contribution is 14.1. The van der Waals surface area contributed by atoms with Crippen LogP contribution in [-0.2, 0) is 0 Å². The van der Waals surface area contributed by atoms with Gasteiger partial charge in [-0.2, -0.15) is 0 Å². The molecule has 3 heteroatoms. The van der Waals surface area contributed by atoms with E-state index in [0.29, 0.717) is 0 Å². The second-order valence-corrected chi connectivity index (χ2v) is 3.90. The second kappa shape index (κ2) is 3.21. The lowest BCUT2D eigenvalue weighted by Crippen LogP contribution is -1.72. The molecule has 0 bridgehead atoms. The molecule has 0 aliphatic carbocycles. The monoisotopic (exact) mass is 316 g/mol. The molecule has 0 unspecified atom stereocenters. The first-order chi connectivity index (χ1) is 4.22. The van der Waals surface area contributed by atoms with Crippen LogP contribution in [0.3, 0.4) is 0 Å². The van der Waals surface area contributed by atoms with Crippen LogP contribution < -0.4 is 0 Å². The maximum atomic E-state index is 5.76. The molecule has 0 fully saturated rings. The summed E-state index contributed by atoms with van der Waals surface area (Å²) >= 11 is 11.3. The molecule has 48 valence electrons. The van der Waals surface area contributed by atoms with Crippen molar-refractivity contribution in [2.24, 2.45) is 0 Å². The lowest BCUT2D eigenvalue weighted by atomic mass is 10.4. The maximum Gasteiger partial charge on any atom is 0.0558 e. The molecule has 0 spiro atoms. The van der Waals surface area contributed by atoms with Crippen LogP contribution in [-0.4, -0.2) is 0 Å². The Morgan fingerprint density at radius 3 is 2.56 bits per heavy atom. The molecule has 0 saturated heterocycles. The van der Waals surface area contributed by atoms with Crippen LogP contribution in [0.25, 0.3) is 0 Å². The Bertz CT molecular complexity index is 204. The van der Waals surface area contributed by atoms with Gasteiger partial charge in [0.1, 0.15) is 0 Å². The molecule has 0 aromatic heterocycles. The van der Waals surface area contributed by atoms with Gasteiger partial charge in [-0.1, -0.05) is 17.7 Å². The van der Waals surface area contributed by atoms with Gasteiger partial charge in [0.05, 0.1) is 5.02 Å². The van der Waals surface area contributed by atoms with Crippen molar-refractivity contribution in [3.05, 3.63) is 31.3 Å². The summed E-state index contributed by atoms with van der Waals surface area (Å²) in [6, 6.07) is 5.78. The van der Waals surface area contributed by atoms with Crippen LogP contribution in [0.2, 0.25) is 5.02 Å². The lowest BCUT2D eigenvalue weighted by molar-refractivity contribution is 1.59. The fraction of sp³-hybridized carbons (Fsp3) is 0. The maximum absolute atomic E-state index is 5.76. The van der Waals surface area contributed by atoms with E-state index in [1.165, 1.54) is 0 Å². The Balaban J connectivity index is 3.25. The Kier molecular flexibility index (Phi) is 2.79. The van der Waals surface area contributed by atoms with E-state index < -0.39 is 0 Å². The van der Waals surface area contributed by atoms with Gasteiger partial charge in [-0.25, -0.2) is 0 Å². The fourth-order valence-corrected chi connectivity index (χ4v) is 1.57. The molecular weight excluding hydrogens is 314 g/mol. The smallest absolute Gasteiger partial charge is 0.0558 e. The first-order valence-corrected chi connectivity index (χ1v) is 4.56. The van der Waals surface area contributed by atoms with Crippen LogP contribution in [0, 0.1) is 3.57 Å². The van der Waals surface area contributed by atoms with E-state index in [1.807, 2.05) is 18.2 Å². The molecule has 0 aliphatic heterocycles. The van der Waals surface area contributed by atoms with Crippen molar-refractivity contribution in [2.75, 3.05) is 0 Å². The molecule has 0 heterocycles. The SMILES string of the molecule is Clc1cccc(I)c1Br. The van der Waals surface area contributed by atoms with Crippen molar-refractivity contribution in [2.45, 2.75) is 0 Å². The van der Waals surface area contributed by atoms with E-state index >= 15 is 0 Å². The van der Waals surface area contributed by atoms with Gasteiger partial charge in [0.2, 0.25) is 0 Å². The molecule has 0 atom stereocenters. The minimum Gasteiger partial charge on any atom is -0.0831 e. The minimum absolute atomic E-state index is 0.766. The number of hydrogen-bond acceptors (Lipinski definition) is 0. The molecule has 1 rings (SSSR count). The van der Waals surface area contributed by atoms with Crippen LogP contribution >= 0.6 is 50.1 Å². The van der Waals surface area contributed by atoms with E-state index in [4.69, 9.17) is 11.6 Å². The molecule has 1 aromatic rings. The van der Waals surface area contributed by atoms with Gasteiger partial charge in [-0.3, -0.25) is 0 Å². The van der Waals surface area contributed by atoms with Gasteiger partial charge in [0, 0.05) is 8.04 Å². The van der Waals surface area contributed by atoms with Crippen LogP contribution in [0.4, 0.5) is 0 Å². The van der Waals surface area contributed by atoms with Gasteiger partial charge in [0.25, 0.3) is 0 Å². The zero-order valence-corrected chi connectivity index (χ0v) is 8.87. The third kappa shape index (κ3) is 1.82. The van der Waals surface area contributed by atoms with Gasteiger partial charge in [0.15, 0.2) is 0 Å². The van der Waals surface area contributed by atoms with Crippen molar-refractivity contribution in [1.82, 2.24) is 0 Å². The molecule has 1 aromatic carbocycles. The highest BCUT2D eigenvalue weighted by atomic mass is 127. The van der Waals surface area contributed by atoms with E-state index in [9.17, 15) is 0 Å². The van der Waals surface area contributed by atoms with E-state index in [-0.39, 0.29) is 0 Å². The first kappa shape index (κ1) is 7.82. The number of halogens is 3. The zero-order chi connectivity index (χ0) is 6.85. The highest BCUT2D eigenvalue weighted by Crippen LogP contribution is 2.26. The Labute approximate surface area is 80.9 Å². The molecule has 0 N–H and O–H groups in total. The minimum atomic E-state index is 0.766. The topological polar surface area (TPSA) is 0 Å². The molecule has 0 nitrogen and oxygen atoms in total.